The molecular formula is C16H17BrN2O. The standard InChI is InChI=1S/C16H17BrN2O/c17-15-8-4-7-13(11-15)9-10-18-16(20)19-12-14-5-2-1-3-6-14/h1-8,11H,9-10,12H2,(H2,18,19,20). The molecule has 0 aliphatic heterocycles. The fourth-order valence-electron chi connectivity index (χ4n) is 1.85. The van der Waals surface area contributed by atoms with Crippen LogP contribution in [0.5, 0.6) is 0 Å². The summed E-state index contributed by atoms with van der Waals surface area (Å²) in [7, 11) is 0. The predicted octanol–water partition coefficient (Wildman–Crippen LogP) is 3.49. The van der Waals surface area contributed by atoms with Crippen LogP contribution in [-0.2, 0) is 13.0 Å². The fourth-order valence-corrected chi connectivity index (χ4v) is 2.30. The first-order chi connectivity index (χ1) is 9.74. The zero-order chi connectivity index (χ0) is 14.2. The topological polar surface area (TPSA) is 41.1 Å². The Morgan fingerprint density at radius 1 is 0.950 bits per heavy atom. The van der Waals surface area contributed by atoms with E-state index in [9.17, 15) is 4.79 Å². The average Bonchev–Trinajstić information content (AvgIpc) is 2.46. The number of amides is 2. The third-order valence-corrected chi connectivity index (χ3v) is 3.38. The summed E-state index contributed by atoms with van der Waals surface area (Å²) < 4.78 is 1.06. The van der Waals surface area contributed by atoms with E-state index in [0.717, 1.165) is 16.5 Å². The lowest BCUT2D eigenvalue weighted by molar-refractivity contribution is 0.240. The maximum atomic E-state index is 11.6. The Morgan fingerprint density at radius 2 is 1.70 bits per heavy atom. The van der Waals surface area contributed by atoms with Crippen molar-refractivity contribution in [2.24, 2.45) is 0 Å². The van der Waals surface area contributed by atoms with E-state index < -0.39 is 0 Å². The first-order valence-corrected chi connectivity index (χ1v) is 7.33. The molecule has 0 spiro atoms. The van der Waals surface area contributed by atoms with Crippen molar-refractivity contribution in [1.82, 2.24) is 10.6 Å². The second-order valence-corrected chi connectivity index (χ2v) is 5.39. The summed E-state index contributed by atoms with van der Waals surface area (Å²) >= 11 is 3.43. The molecule has 2 N–H and O–H groups in total. The normalized spacial score (nSPS) is 10.1. The van der Waals surface area contributed by atoms with Crippen molar-refractivity contribution in [2.75, 3.05) is 6.54 Å². The van der Waals surface area contributed by atoms with Gasteiger partial charge in [0.2, 0.25) is 0 Å². The van der Waals surface area contributed by atoms with Gasteiger partial charge in [0.1, 0.15) is 0 Å². The highest BCUT2D eigenvalue weighted by Crippen LogP contribution is 2.11. The summed E-state index contributed by atoms with van der Waals surface area (Å²) in [5.41, 5.74) is 2.29. The van der Waals surface area contributed by atoms with E-state index >= 15 is 0 Å². The third kappa shape index (κ3) is 5.05. The predicted molar refractivity (Wildman–Crippen MR) is 84.5 cm³/mol. The number of rotatable bonds is 5. The molecule has 20 heavy (non-hydrogen) atoms. The Balaban J connectivity index is 1.68. The van der Waals surface area contributed by atoms with E-state index in [-0.39, 0.29) is 6.03 Å². The van der Waals surface area contributed by atoms with Gasteiger partial charge in [-0.15, -0.1) is 0 Å². The smallest absolute Gasteiger partial charge is 0.315 e. The molecular weight excluding hydrogens is 316 g/mol. The van der Waals surface area contributed by atoms with Crippen LogP contribution in [0.3, 0.4) is 0 Å². The molecule has 3 nitrogen and oxygen atoms in total. The van der Waals surface area contributed by atoms with Crippen molar-refractivity contribution >= 4 is 22.0 Å². The monoisotopic (exact) mass is 332 g/mol. The number of urea groups is 1. The maximum absolute atomic E-state index is 11.6. The number of halogens is 1. The minimum absolute atomic E-state index is 0.135. The van der Waals surface area contributed by atoms with Crippen LogP contribution in [0, 0.1) is 0 Å². The van der Waals surface area contributed by atoms with Gasteiger partial charge >= 0.3 is 6.03 Å². The number of hydrogen-bond acceptors (Lipinski definition) is 1. The summed E-state index contributed by atoms with van der Waals surface area (Å²) in [6.07, 6.45) is 0.818. The quantitative estimate of drug-likeness (QED) is 0.864. The molecule has 2 rings (SSSR count). The van der Waals surface area contributed by atoms with Crippen LogP contribution in [0.15, 0.2) is 59.1 Å². The first-order valence-electron chi connectivity index (χ1n) is 6.54. The lowest BCUT2D eigenvalue weighted by atomic mass is 10.1. The van der Waals surface area contributed by atoms with Crippen LogP contribution >= 0.6 is 15.9 Å². The molecule has 2 aromatic carbocycles. The van der Waals surface area contributed by atoms with Crippen LogP contribution < -0.4 is 10.6 Å². The molecule has 0 heterocycles. The Kier molecular flexibility index (Phi) is 5.62. The van der Waals surface area contributed by atoms with Crippen molar-refractivity contribution < 1.29 is 4.79 Å². The number of carbonyl (C=O) groups excluding carboxylic acids is 1. The van der Waals surface area contributed by atoms with Crippen molar-refractivity contribution in [3.63, 3.8) is 0 Å². The van der Waals surface area contributed by atoms with Gasteiger partial charge in [-0.1, -0.05) is 58.4 Å². The number of nitrogens with one attached hydrogen (secondary N) is 2. The zero-order valence-electron chi connectivity index (χ0n) is 11.1. The highest BCUT2D eigenvalue weighted by Gasteiger charge is 2.00. The van der Waals surface area contributed by atoms with Gasteiger partial charge in [0, 0.05) is 17.6 Å². The average molecular weight is 333 g/mol. The second kappa shape index (κ2) is 7.70. The summed E-state index contributed by atoms with van der Waals surface area (Å²) in [5.74, 6) is 0. The summed E-state index contributed by atoms with van der Waals surface area (Å²) in [6, 6.07) is 17.8. The van der Waals surface area contributed by atoms with Crippen molar-refractivity contribution in [2.45, 2.75) is 13.0 Å². The Labute approximate surface area is 127 Å². The molecule has 0 aliphatic rings. The molecule has 2 aromatic rings. The lowest BCUT2D eigenvalue weighted by Crippen LogP contribution is -2.36. The molecule has 0 saturated carbocycles. The summed E-state index contributed by atoms with van der Waals surface area (Å²) in [5, 5.41) is 5.69. The molecule has 0 aromatic heterocycles. The highest BCUT2D eigenvalue weighted by molar-refractivity contribution is 9.10. The van der Waals surface area contributed by atoms with Gasteiger partial charge in [0.15, 0.2) is 0 Å². The van der Waals surface area contributed by atoms with Gasteiger partial charge in [-0.05, 0) is 29.7 Å². The van der Waals surface area contributed by atoms with Gasteiger partial charge in [-0.25, -0.2) is 4.79 Å². The Morgan fingerprint density at radius 3 is 2.45 bits per heavy atom. The van der Waals surface area contributed by atoms with Crippen LogP contribution in [-0.4, -0.2) is 12.6 Å². The highest BCUT2D eigenvalue weighted by atomic mass is 79.9. The number of benzene rings is 2. The van der Waals surface area contributed by atoms with E-state index in [1.807, 2.05) is 48.5 Å². The van der Waals surface area contributed by atoms with Crippen LogP contribution in [0.25, 0.3) is 0 Å². The van der Waals surface area contributed by atoms with E-state index in [1.54, 1.807) is 0 Å². The number of hydrogen-bond donors (Lipinski definition) is 2. The molecule has 0 bridgehead atoms. The molecule has 0 saturated heterocycles. The van der Waals surface area contributed by atoms with Gasteiger partial charge in [-0.3, -0.25) is 0 Å². The van der Waals surface area contributed by atoms with Gasteiger partial charge in [0.05, 0.1) is 0 Å². The molecule has 0 radical (unpaired) electrons. The SMILES string of the molecule is O=C(NCCc1cccc(Br)c1)NCc1ccccc1. The molecule has 0 aliphatic carbocycles. The molecule has 0 atom stereocenters. The first kappa shape index (κ1) is 14.6. The van der Waals surface area contributed by atoms with Gasteiger partial charge in [0.25, 0.3) is 0 Å². The zero-order valence-corrected chi connectivity index (χ0v) is 12.7. The molecule has 2 amide bonds. The van der Waals surface area contributed by atoms with Crippen LogP contribution in [0.1, 0.15) is 11.1 Å². The van der Waals surface area contributed by atoms with E-state index in [0.29, 0.717) is 13.1 Å². The fraction of sp³-hybridized carbons (Fsp3) is 0.188. The second-order valence-electron chi connectivity index (χ2n) is 4.47. The van der Waals surface area contributed by atoms with E-state index in [1.165, 1.54) is 5.56 Å². The van der Waals surface area contributed by atoms with Crippen molar-refractivity contribution in [3.05, 3.63) is 70.2 Å². The Bertz CT molecular complexity index is 557. The minimum Gasteiger partial charge on any atom is -0.338 e. The van der Waals surface area contributed by atoms with Gasteiger partial charge < -0.3 is 10.6 Å². The van der Waals surface area contributed by atoms with Crippen molar-refractivity contribution in [1.29, 1.82) is 0 Å². The maximum Gasteiger partial charge on any atom is 0.315 e. The van der Waals surface area contributed by atoms with Crippen molar-refractivity contribution in [3.8, 4) is 0 Å². The van der Waals surface area contributed by atoms with Crippen LogP contribution in [0.2, 0.25) is 0 Å². The molecule has 0 fully saturated rings. The lowest BCUT2D eigenvalue weighted by Gasteiger charge is -2.08. The summed E-state index contributed by atoms with van der Waals surface area (Å²) in [6.45, 7) is 1.17. The van der Waals surface area contributed by atoms with Crippen LogP contribution in [0.4, 0.5) is 4.79 Å². The number of carbonyl (C=O) groups is 1. The Hall–Kier alpha value is -1.81. The van der Waals surface area contributed by atoms with E-state index in [2.05, 4.69) is 32.6 Å². The van der Waals surface area contributed by atoms with Gasteiger partial charge in [-0.2, -0.15) is 0 Å². The molecule has 0 unspecified atom stereocenters. The van der Waals surface area contributed by atoms with E-state index in [4.69, 9.17) is 0 Å². The minimum atomic E-state index is -0.135. The third-order valence-electron chi connectivity index (χ3n) is 2.88. The molecule has 104 valence electrons. The summed E-state index contributed by atoms with van der Waals surface area (Å²) in [4.78, 5) is 11.6. The largest absolute Gasteiger partial charge is 0.338 e. The molecule has 4 heteroatoms.